The molecule has 8 nitrogen and oxygen atoms in total. The summed E-state index contributed by atoms with van der Waals surface area (Å²) in [4.78, 5) is 19.5. The summed E-state index contributed by atoms with van der Waals surface area (Å²) in [5, 5.41) is 11.3. The summed E-state index contributed by atoms with van der Waals surface area (Å²) in [6, 6.07) is 1.57. The van der Waals surface area contributed by atoms with Gasteiger partial charge in [0.1, 0.15) is 5.82 Å². The lowest BCUT2D eigenvalue weighted by molar-refractivity contribution is 0.0742. The van der Waals surface area contributed by atoms with Crippen LogP contribution in [0.2, 0.25) is 0 Å². The molecule has 0 bridgehead atoms. The van der Waals surface area contributed by atoms with Gasteiger partial charge in [-0.3, -0.25) is 9.89 Å². The Kier molecular flexibility index (Phi) is 3.72. The Morgan fingerprint density at radius 3 is 2.92 bits per heavy atom. The number of carbonyl (C=O) groups is 1. The van der Waals surface area contributed by atoms with Crippen LogP contribution in [0.5, 0.6) is 5.88 Å². The third-order valence-electron chi connectivity index (χ3n) is 5.69. The summed E-state index contributed by atoms with van der Waals surface area (Å²) in [5.74, 6) is 4.22. The van der Waals surface area contributed by atoms with Crippen LogP contribution in [0.4, 0.5) is 0 Å². The normalized spacial score (nSPS) is 25.7. The minimum absolute atomic E-state index is 0.126. The van der Waals surface area contributed by atoms with Crippen LogP contribution in [0.1, 0.15) is 66.6 Å². The lowest BCUT2D eigenvalue weighted by atomic mass is 9.91. The van der Waals surface area contributed by atoms with Gasteiger partial charge < -0.3 is 14.2 Å². The van der Waals surface area contributed by atoms with E-state index in [0.717, 1.165) is 18.2 Å². The molecule has 2 atom stereocenters. The fourth-order valence-electron chi connectivity index (χ4n) is 4.00. The Balaban J connectivity index is 1.34. The largest absolute Gasteiger partial charge is 0.476 e. The van der Waals surface area contributed by atoms with Crippen molar-refractivity contribution in [3.8, 4) is 5.88 Å². The molecule has 3 fully saturated rings. The van der Waals surface area contributed by atoms with Crippen LogP contribution in [-0.4, -0.2) is 50.8 Å². The Morgan fingerprint density at radius 1 is 1.35 bits per heavy atom. The van der Waals surface area contributed by atoms with E-state index in [-0.39, 0.29) is 17.6 Å². The van der Waals surface area contributed by atoms with Gasteiger partial charge in [0, 0.05) is 24.9 Å². The van der Waals surface area contributed by atoms with Crippen molar-refractivity contribution in [3.05, 3.63) is 23.5 Å². The smallest absolute Gasteiger partial charge is 0.292 e. The number of H-pyrrole nitrogens is 1. The van der Waals surface area contributed by atoms with Crippen molar-refractivity contribution in [1.82, 2.24) is 25.2 Å². The molecule has 0 aromatic carbocycles. The van der Waals surface area contributed by atoms with E-state index in [1.165, 1.54) is 25.7 Å². The van der Waals surface area contributed by atoms with E-state index in [1.807, 2.05) is 11.8 Å². The third kappa shape index (κ3) is 2.87. The molecule has 3 aliphatic rings. The number of nitrogens with zero attached hydrogens (tertiary/aromatic N) is 4. The number of rotatable bonds is 6. The van der Waals surface area contributed by atoms with Crippen LogP contribution in [0.3, 0.4) is 0 Å². The van der Waals surface area contributed by atoms with Gasteiger partial charge in [-0.15, -0.1) is 0 Å². The van der Waals surface area contributed by atoms with E-state index in [2.05, 4.69) is 15.4 Å². The molecule has 3 heterocycles. The predicted octanol–water partition coefficient (Wildman–Crippen LogP) is 2.33. The van der Waals surface area contributed by atoms with Crippen LogP contribution in [-0.2, 0) is 0 Å². The van der Waals surface area contributed by atoms with Gasteiger partial charge in [0.2, 0.25) is 5.76 Å². The van der Waals surface area contributed by atoms with Crippen molar-refractivity contribution < 1.29 is 14.1 Å². The highest BCUT2D eigenvalue weighted by molar-refractivity contribution is 5.92. The average Bonchev–Trinajstić information content (AvgIpc) is 3.53. The van der Waals surface area contributed by atoms with E-state index >= 15 is 0 Å². The zero-order chi connectivity index (χ0) is 17.7. The molecule has 1 aliphatic heterocycles. The molecular weight excluding hydrogens is 334 g/mol. The maximum atomic E-state index is 12.8. The van der Waals surface area contributed by atoms with Gasteiger partial charge in [-0.25, -0.2) is 4.98 Å². The Morgan fingerprint density at radius 2 is 2.19 bits per heavy atom. The molecule has 5 rings (SSSR count). The summed E-state index contributed by atoms with van der Waals surface area (Å²) in [7, 11) is 0. The molecule has 0 spiro atoms. The maximum absolute atomic E-state index is 12.8. The molecule has 8 heteroatoms. The fourth-order valence-corrected chi connectivity index (χ4v) is 4.00. The number of aromatic amines is 1. The minimum atomic E-state index is -0.126. The SMILES string of the molecule is CCOc1cc(C(=O)N2C[C@H](c3nc(C4CC4)n[nH]3)[C@@H](C3CC3)C2)on1. The Labute approximate surface area is 151 Å². The van der Waals surface area contributed by atoms with Crippen molar-refractivity contribution >= 4 is 5.91 Å². The first-order chi connectivity index (χ1) is 12.7. The van der Waals surface area contributed by atoms with Crippen LogP contribution < -0.4 is 4.74 Å². The highest BCUT2D eigenvalue weighted by Gasteiger charge is 2.46. The number of aromatic nitrogens is 4. The number of hydrogen-bond acceptors (Lipinski definition) is 6. The lowest BCUT2D eigenvalue weighted by Crippen LogP contribution is -2.28. The first-order valence-corrected chi connectivity index (χ1v) is 9.54. The zero-order valence-corrected chi connectivity index (χ0v) is 14.9. The number of ether oxygens (including phenoxy) is 1. The van der Waals surface area contributed by atoms with Gasteiger partial charge >= 0.3 is 0 Å². The molecule has 2 saturated carbocycles. The topological polar surface area (TPSA) is 97.1 Å². The van der Waals surface area contributed by atoms with E-state index in [1.54, 1.807) is 6.07 Å². The lowest BCUT2D eigenvalue weighted by Gasteiger charge is -2.14. The number of carbonyl (C=O) groups excluding carboxylic acids is 1. The van der Waals surface area contributed by atoms with Crippen molar-refractivity contribution in [2.24, 2.45) is 11.8 Å². The second-order valence-electron chi connectivity index (χ2n) is 7.63. The summed E-state index contributed by atoms with van der Waals surface area (Å²) in [6.45, 7) is 3.74. The number of amides is 1. The standard InChI is InChI=1S/C18H23N5O3/c1-2-25-15-7-14(26-22-15)18(24)23-8-12(10-3-4-10)13(9-23)17-19-16(20-21-17)11-5-6-11/h7,10-13H,2-6,8-9H2,1H3,(H,19,20,21)/t12-,13+/m1/s1. The predicted molar refractivity (Wildman–Crippen MR) is 90.9 cm³/mol. The van der Waals surface area contributed by atoms with Crippen molar-refractivity contribution in [2.75, 3.05) is 19.7 Å². The van der Waals surface area contributed by atoms with Crippen LogP contribution in [0.25, 0.3) is 0 Å². The molecule has 0 radical (unpaired) electrons. The van der Waals surface area contributed by atoms with Crippen LogP contribution >= 0.6 is 0 Å². The first kappa shape index (κ1) is 15.8. The van der Waals surface area contributed by atoms with E-state index in [0.29, 0.717) is 36.8 Å². The maximum Gasteiger partial charge on any atom is 0.292 e. The van der Waals surface area contributed by atoms with Gasteiger partial charge in [0.15, 0.2) is 5.82 Å². The molecule has 2 aliphatic carbocycles. The summed E-state index contributed by atoms with van der Waals surface area (Å²) in [5.41, 5.74) is 0. The van der Waals surface area contributed by atoms with Crippen LogP contribution in [0.15, 0.2) is 10.6 Å². The van der Waals surface area contributed by atoms with Gasteiger partial charge in [0.05, 0.1) is 12.7 Å². The highest BCUT2D eigenvalue weighted by Crippen LogP contribution is 2.47. The Hall–Kier alpha value is -2.38. The first-order valence-electron chi connectivity index (χ1n) is 9.54. The molecule has 0 unspecified atom stereocenters. The Bertz CT molecular complexity index is 807. The number of likely N-dealkylation sites (tertiary alicyclic amines) is 1. The number of nitrogens with one attached hydrogen (secondary N) is 1. The molecule has 1 N–H and O–H groups in total. The molecule has 1 amide bonds. The van der Waals surface area contributed by atoms with Gasteiger partial charge in [-0.2, -0.15) is 5.10 Å². The van der Waals surface area contributed by atoms with E-state index in [4.69, 9.17) is 14.2 Å². The fraction of sp³-hybridized carbons (Fsp3) is 0.667. The second kappa shape index (κ2) is 6.10. The quantitative estimate of drug-likeness (QED) is 0.852. The van der Waals surface area contributed by atoms with Crippen molar-refractivity contribution in [1.29, 1.82) is 0 Å². The highest BCUT2D eigenvalue weighted by atomic mass is 16.5. The molecular formula is C18H23N5O3. The third-order valence-corrected chi connectivity index (χ3v) is 5.69. The van der Waals surface area contributed by atoms with Gasteiger partial charge in [-0.05, 0) is 49.6 Å². The van der Waals surface area contributed by atoms with Crippen LogP contribution in [0, 0.1) is 11.8 Å². The molecule has 2 aromatic rings. The number of hydrogen-bond donors (Lipinski definition) is 1. The minimum Gasteiger partial charge on any atom is -0.476 e. The second-order valence-corrected chi connectivity index (χ2v) is 7.63. The molecule has 138 valence electrons. The van der Waals surface area contributed by atoms with E-state index in [9.17, 15) is 4.79 Å². The van der Waals surface area contributed by atoms with Gasteiger partial charge in [0.25, 0.3) is 11.8 Å². The summed E-state index contributed by atoms with van der Waals surface area (Å²) < 4.78 is 10.5. The molecule has 2 aromatic heterocycles. The summed E-state index contributed by atoms with van der Waals surface area (Å²) in [6.07, 6.45) is 4.85. The van der Waals surface area contributed by atoms with Crippen molar-refractivity contribution in [3.63, 3.8) is 0 Å². The monoisotopic (exact) mass is 357 g/mol. The molecule has 26 heavy (non-hydrogen) atoms. The average molecular weight is 357 g/mol. The molecule has 1 saturated heterocycles. The zero-order valence-electron chi connectivity index (χ0n) is 14.9. The van der Waals surface area contributed by atoms with Gasteiger partial charge in [-0.1, -0.05) is 0 Å². The van der Waals surface area contributed by atoms with Crippen molar-refractivity contribution in [2.45, 2.75) is 44.4 Å². The van der Waals surface area contributed by atoms with E-state index < -0.39 is 0 Å². The summed E-state index contributed by atoms with van der Waals surface area (Å²) >= 11 is 0.